The van der Waals surface area contributed by atoms with E-state index in [1.165, 1.54) is 0 Å². The summed E-state index contributed by atoms with van der Waals surface area (Å²) in [6.45, 7) is 8.67. The molecule has 3 aliphatic heterocycles. The van der Waals surface area contributed by atoms with Crippen molar-refractivity contribution in [1.29, 1.82) is 0 Å². The van der Waals surface area contributed by atoms with Crippen LogP contribution in [0.25, 0.3) is 11.1 Å². The number of hydrogen-bond acceptors (Lipinski definition) is 2. The molecule has 7 rings (SSSR count). The number of halogens is 1. The minimum absolute atomic E-state index is 0.277. The van der Waals surface area contributed by atoms with Crippen LogP contribution in [0.2, 0.25) is 0 Å². The summed E-state index contributed by atoms with van der Waals surface area (Å²) in [6, 6.07) is 34.7. The molecule has 0 aromatic heterocycles. The predicted octanol–water partition coefficient (Wildman–Crippen LogP) is 9.64. The van der Waals surface area contributed by atoms with Gasteiger partial charge in [0.2, 0.25) is 0 Å². The summed E-state index contributed by atoms with van der Waals surface area (Å²) in [6.07, 6.45) is 8.37. The van der Waals surface area contributed by atoms with Crippen molar-refractivity contribution < 1.29 is 4.39 Å². The fourth-order valence-corrected chi connectivity index (χ4v) is 6.29. The summed E-state index contributed by atoms with van der Waals surface area (Å²) < 4.78 is 15.6. The maximum atomic E-state index is 15.6. The number of hydrogen-bond donors (Lipinski definition) is 0. The molecule has 4 aromatic rings. The molecule has 2 nitrogen and oxygen atoms in total. The fraction of sp³-hybridized carbons (Fsp3) is 0.150. The van der Waals surface area contributed by atoms with E-state index >= 15 is 4.39 Å². The molecular weight excluding hydrogens is 527 g/mol. The van der Waals surface area contributed by atoms with Crippen molar-refractivity contribution in [2.24, 2.45) is 9.98 Å². The molecule has 4 aromatic carbocycles. The summed E-state index contributed by atoms with van der Waals surface area (Å²) in [5, 5.41) is 0. The molecule has 0 saturated heterocycles. The second kappa shape index (κ2) is 10.1. The van der Waals surface area contributed by atoms with Gasteiger partial charge in [-0.1, -0.05) is 113 Å². The smallest absolute Gasteiger partial charge is 0.124 e. The molecule has 3 heterocycles. The molecule has 0 amide bonds. The highest BCUT2D eigenvalue weighted by Crippen LogP contribution is 2.40. The molecule has 43 heavy (non-hydrogen) atoms. The average Bonchev–Trinajstić information content (AvgIpc) is 3.70. The zero-order valence-electron chi connectivity index (χ0n) is 24.9. The zero-order valence-corrected chi connectivity index (χ0v) is 24.9. The molecule has 3 heteroatoms. The van der Waals surface area contributed by atoms with Crippen LogP contribution >= 0.6 is 0 Å². The van der Waals surface area contributed by atoms with Gasteiger partial charge in [0.05, 0.1) is 22.8 Å². The van der Waals surface area contributed by atoms with Crippen LogP contribution in [0.5, 0.6) is 0 Å². The van der Waals surface area contributed by atoms with Gasteiger partial charge in [-0.2, -0.15) is 0 Å². The van der Waals surface area contributed by atoms with Crippen molar-refractivity contribution in [3.63, 3.8) is 0 Å². The van der Waals surface area contributed by atoms with Crippen LogP contribution in [-0.2, 0) is 10.8 Å². The van der Waals surface area contributed by atoms with Gasteiger partial charge in [-0.25, -0.2) is 4.39 Å². The number of fused-ring (bicyclic) bond motifs is 6. The Bertz CT molecular complexity index is 1950. The topological polar surface area (TPSA) is 24.7 Å². The summed E-state index contributed by atoms with van der Waals surface area (Å²) in [7, 11) is 0. The lowest BCUT2D eigenvalue weighted by atomic mass is 9.78. The Hall–Kier alpha value is -4.89. The molecule has 0 radical (unpaired) electrons. The van der Waals surface area contributed by atoms with Gasteiger partial charge >= 0.3 is 0 Å². The molecule has 3 aliphatic rings. The van der Waals surface area contributed by atoms with E-state index in [1.807, 2.05) is 24.3 Å². The van der Waals surface area contributed by atoms with Crippen molar-refractivity contribution in [1.82, 2.24) is 0 Å². The maximum Gasteiger partial charge on any atom is 0.124 e. The van der Waals surface area contributed by atoms with Crippen molar-refractivity contribution in [2.45, 2.75) is 38.5 Å². The number of nitrogens with zero attached hydrogens (tertiary/aromatic N) is 2. The van der Waals surface area contributed by atoms with Crippen molar-refractivity contribution >= 4 is 22.6 Å². The predicted molar refractivity (Wildman–Crippen MR) is 177 cm³/mol. The number of benzene rings is 4. The second-order valence-electron chi connectivity index (χ2n) is 12.5. The molecule has 0 unspecified atom stereocenters. The van der Waals surface area contributed by atoms with Crippen LogP contribution in [-0.4, -0.2) is 11.4 Å². The Balaban J connectivity index is 1.56. The Morgan fingerprint density at radius 1 is 0.465 bits per heavy atom. The third-order valence-corrected chi connectivity index (χ3v) is 8.98. The van der Waals surface area contributed by atoms with E-state index in [4.69, 9.17) is 9.98 Å². The molecule has 8 bridgehead atoms. The zero-order chi connectivity index (χ0) is 29.8. The Kier molecular flexibility index (Phi) is 6.36. The molecule has 0 spiro atoms. The first-order valence-electron chi connectivity index (χ1n) is 14.8. The quantitative estimate of drug-likeness (QED) is 0.233. The fourth-order valence-electron chi connectivity index (χ4n) is 6.29. The van der Waals surface area contributed by atoms with Gasteiger partial charge < -0.3 is 0 Å². The lowest BCUT2D eigenvalue weighted by Crippen LogP contribution is -2.27. The van der Waals surface area contributed by atoms with E-state index in [-0.39, 0.29) is 11.2 Å². The van der Waals surface area contributed by atoms with Gasteiger partial charge in [0, 0.05) is 22.0 Å². The monoisotopic (exact) mass is 560 g/mol. The van der Waals surface area contributed by atoms with Crippen LogP contribution in [0.1, 0.15) is 61.1 Å². The van der Waals surface area contributed by atoms with Gasteiger partial charge in [0.25, 0.3) is 0 Å². The van der Waals surface area contributed by atoms with E-state index in [2.05, 4.69) is 119 Å². The summed E-state index contributed by atoms with van der Waals surface area (Å²) in [5.41, 5.74) is 10.7. The molecular formula is C40H33FN2. The van der Waals surface area contributed by atoms with Crippen LogP contribution in [0.15, 0.2) is 149 Å². The third-order valence-electron chi connectivity index (χ3n) is 8.98. The highest BCUT2D eigenvalue weighted by atomic mass is 19.1. The minimum atomic E-state index is -0.551. The van der Waals surface area contributed by atoms with Gasteiger partial charge in [0.15, 0.2) is 0 Å². The van der Waals surface area contributed by atoms with Gasteiger partial charge in [-0.3, -0.25) is 9.98 Å². The van der Waals surface area contributed by atoms with E-state index in [9.17, 15) is 0 Å². The van der Waals surface area contributed by atoms with E-state index in [0.717, 1.165) is 67.3 Å². The van der Waals surface area contributed by atoms with Crippen LogP contribution in [0.3, 0.4) is 0 Å². The first kappa shape index (κ1) is 27.0. The van der Waals surface area contributed by atoms with Crippen molar-refractivity contribution in [3.8, 4) is 0 Å². The van der Waals surface area contributed by atoms with Crippen LogP contribution in [0.4, 0.5) is 4.39 Å². The van der Waals surface area contributed by atoms with E-state index in [0.29, 0.717) is 0 Å². The molecule has 0 fully saturated rings. The number of aliphatic imine (C=N–C) groups is 2. The summed E-state index contributed by atoms with van der Waals surface area (Å²) in [5.74, 6) is -0.277. The summed E-state index contributed by atoms with van der Waals surface area (Å²) in [4.78, 5) is 10.5. The van der Waals surface area contributed by atoms with Crippen LogP contribution < -0.4 is 0 Å². The van der Waals surface area contributed by atoms with E-state index in [1.54, 1.807) is 12.1 Å². The Morgan fingerprint density at radius 3 is 1.53 bits per heavy atom. The number of allylic oxidation sites excluding steroid dienone is 4. The van der Waals surface area contributed by atoms with E-state index < -0.39 is 5.41 Å². The molecule has 0 saturated carbocycles. The third kappa shape index (κ3) is 4.66. The average molecular weight is 561 g/mol. The van der Waals surface area contributed by atoms with Crippen LogP contribution in [0, 0.1) is 5.82 Å². The standard InChI is InChI=1S/C40H33FN2/c1-39(2)30-17-11-16-28(22-30)37(26-12-7-5-8-13-26)33-18-21-36(42-33)40(3,4)31-23-29(24-32(41)25-31)38(27-14-9-6-10-15-27)34-19-20-35(39)43-34/h5-25H,1-4H3/b37-33-,38-34-. The first-order valence-corrected chi connectivity index (χ1v) is 14.8. The summed E-state index contributed by atoms with van der Waals surface area (Å²) >= 11 is 0. The lowest BCUT2D eigenvalue weighted by molar-refractivity contribution is 0.616. The lowest BCUT2D eigenvalue weighted by Gasteiger charge is -2.27. The SMILES string of the molecule is CC1(C)C2=N/C(=C(/c3ccccc3)c3cc(F)cc(c3)C(C)(C)C3=N/C(=C(/c4ccccc4)c4cccc1c4)C=C3)C=C2. The number of rotatable bonds is 2. The second-order valence-corrected chi connectivity index (χ2v) is 12.5. The van der Waals surface area contributed by atoms with Gasteiger partial charge in [-0.05, 0) is 75.9 Å². The normalized spacial score (nSPS) is 21.5. The molecule has 210 valence electrons. The molecule has 0 N–H and O–H groups in total. The molecule has 0 atom stereocenters. The molecule has 0 aliphatic carbocycles. The van der Waals surface area contributed by atoms with Gasteiger partial charge in [0.1, 0.15) is 5.82 Å². The largest absolute Gasteiger partial charge is 0.252 e. The first-order chi connectivity index (χ1) is 20.7. The highest BCUT2D eigenvalue weighted by Gasteiger charge is 2.32. The Labute approximate surface area is 253 Å². The highest BCUT2D eigenvalue weighted by molar-refractivity contribution is 6.09. The van der Waals surface area contributed by atoms with Crippen molar-refractivity contribution in [2.75, 3.05) is 0 Å². The Morgan fingerprint density at radius 2 is 0.953 bits per heavy atom. The maximum absolute atomic E-state index is 15.6. The van der Waals surface area contributed by atoms with Gasteiger partial charge in [-0.15, -0.1) is 0 Å². The minimum Gasteiger partial charge on any atom is -0.252 e. The van der Waals surface area contributed by atoms with Crippen molar-refractivity contribution in [3.05, 3.63) is 178 Å².